The highest BCUT2D eigenvalue weighted by molar-refractivity contribution is 5.73. The van der Waals surface area contributed by atoms with Gasteiger partial charge in [0.05, 0.1) is 6.61 Å². The Morgan fingerprint density at radius 1 is 1.39 bits per heavy atom. The number of hydrogen-bond acceptors (Lipinski definition) is 2. The zero-order chi connectivity index (χ0) is 12.8. The summed E-state index contributed by atoms with van der Waals surface area (Å²) < 4.78 is 5.56. The van der Waals surface area contributed by atoms with Gasteiger partial charge >= 0.3 is 6.03 Å². The Labute approximate surface area is 108 Å². The van der Waals surface area contributed by atoms with Crippen LogP contribution < -0.4 is 15.4 Å². The molecule has 0 spiro atoms. The highest BCUT2D eigenvalue weighted by atomic mass is 16.5. The van der Waals surface area contributed by atoms with Gasteiger partial charge < -0.3 is 15.4 Å². The first kappa shape index (κ1) is 12.7. The van der Waals surface area contributed by atoms with E-state index in [1.54, 1.807) is 0 Å². The summed E-state index contributed by atoms with van der Waals surface area (Å²) >= 11 is 0. The minimum Gasteiger partial charge on any atom is -0.493 e. The summed E-state index contributed by atoms with van der Waals surface area (Å²) in [6, 6.07) is 6.01. The number of hydrogen-bond donors (Lipinski definition) is 2. The monoisotopic (exact) mass is 248 g/mol. The third kappa shape index (κ3) is 3.39. The Morgan fingerprint density at radius 2 is 2.28 bits per heavy atom. The van der Waals surface area contributed by atoms with Gasteiger partial charge in [0.1, 0.15) is 5.75 Å². The Kier molecular flexibility index (Phi) is 4.45. The van der Waals surface area contributed by atoms with Crippen molar-refractivity contribution in [2.75, 3.05) is 13.2 Å². The molecule has 1 aliphatic rings. The van der Waals surface area contributed by atoms with E-state index in [0.29, 0.717) is 13.1 Å². The maximum absolute atomic E-state index is 11.4. The summed E-state index contributed by atoms with van der Waals surface area (Å²) in [5, 5.41) is 5.64. The van der Waals surface area contributed by atoms with Crippen molar-refractivity contribution < 1.29 is 9.53 Å². The molecular formula is C14H20N2O2. The van der Waals surface area contributed by atoms with Crippen molar-refractivity contribution >= 4 is 6.03 Å². The third-order valence-corrected chi connectivity index (χ3v) is 2.96. The lowest BCUT2D eigenvalue weighted by Crippen LogP contribution is -2.35. The van der Waals surface area contributed by atoms with Crippen molar-refractivity contribution in [3.63, 3.8) is 0 Å². The van der Waals surface area contributed by atoms with E-state index < -0.39 is 0 Å². The van der Waals surface area contributed by atoms with Crippen LogP contribution in [0.4, 0.5) is 4.79 Å². The summed E-state index contributed by atoms with van der Waals surface area (Å²) in [4.78, 5) is 11.4. The molecule has 0 aromatic heterocycles. The molecule has 2 rings (SSSR count). The largest absolute Gasteiger partial charge is 0.493 e. The molecule has 0 saturated heterocycles. The Bertz CT molecular complexity index is 418. The highest BCUT2D eigenvalue weighted by Gasteiger charge is 2.10. The van der Waals surface area contributed by atoms with Crippen LogP contribution in [0.15, 0.2) is 18.2 Å². The van der Waals surface area contributed by atoms with Gasteiger partial charge in [0.15, 0.2) is 0 Å². The normalized spacial score (nSPS) is 13.4. The molecule has 0 unspecified atom stereocenters. The zero-order valence-electron chi connectivity index (χ0n) is 10.8. The molecule has 2 amide bonds. The van der Waals surface area contributed by atoms with E-state index in [2.05, 4.69) is 16.7 Å². The van der Waals surface area contributed by atoms with Crippen molar-refractivity contribution in [3.05, 3.63) is 29.3 Å². The van der Waals surface area contributed by atoms with Crippen molar-refractivity contribution in [1.82, 2.24) is 10.6 Å². The predicted octanol–water partition coefficient (Wildman–Crippen LogP) is 2.22. The van der Waals surface area contributed by atoms with Crippen LogP contribution in [0.1, 0.15) is 30.9 Å². The van der Waals surface area contributed by atoms with E-state index in [9.17, 15) is 4.79 Å². The standard InChI is InChI=1S/C14H20N2O2/c1-2-7-15-14(17)16-10-11-5-6-13-12(9-11)4-3-8-18-13/h5-6,9H,2-4,7-8,10H2,1H3,(H2,15,16,17). The summed E-state index contributed by atoms with van der Waals surface area (Å²) in [6.07, 6.45) is 3.08. The number of carbonyl (C=O) groups excluding carboxylic acids is 1. The fourth-order valence-electron chi connectivity index (χ4n) is 2.01. The van der Waals surface area contributed by atoms with Gasteiger partial charge in [-0.1, -0.05) is 19.1 Å². The molecule has 0 radical (unpaired) electrons. The van der Waals surface area contributed by atoms with Gasteiger partial charge in [-0.05, 0) is 36.5 Å². The average Bonchev–Trinajstić information content (AvgIpc) is 2.42. The van der Waals surface area contributed by atoms with Crippen LogP contribution in [0.5, 0.6) is 5.75 Å². The van der Waals surface area contributed by atoms with Gasteiger partial charge in [-0.3, -0.25) is 0 Å². The van der Waals surface area contributed by atoms with Gasteiger partial charge in [-0.2, -0.15) is 0 Å². The van der Waals surface area contributed by atoms with Gasteiger partial charge in [-0.15, -0.1) is 0 Å². The third-order valence-electron chi connectivity index (χ3n) is 2.96. The van der Waals surface area contributed by atoms with Crippen LogP contribution >= 0.6 is 0 Å². The number of aryl methyl sites for hydroxylation is 1. The second-order valence-corrected chi connectivity index (χ2v) is 4.50. The van der Waals surface area contributed by atoms with Crippen molar-refractivity contribution in [2.45, 2.75) is 32.7 Å². The summed E-state index contributed by atoms with van der Waals surface area (Å²) in [5.74, 6) is 0.987. The fraction of sp³-hybridized carbons (Fsp3) is 0.500. The van der Waals surface area contributed by atoms with E-state index in [1.165, 1.54) is 5.56 Å². The zero-order valence-corrected chi connectivity index (χ0v) is 10.8. The molecule has 1 aromatic rings. The van der Waals surface area contributed by atoms with Gasteiger partial charge in [0, 0.05) is 13.1 Å². The van der Waals surface area contributed by atoms with Crippen LogP contribution in [0, 0.1) is 0 Å². The molecule has 4 heteroatoms. The number of nitrogens with one attached hydrogen (secondary N) is 2. The van der Waals surface area contributed by atoms with Crippen LogP contribution in [-0.4, -0.2) is 19.2 Å². The minimum absolute atomic E-state index is 0.106. The molecule has 4 nitrogen and oxygen atoms in total. The summed E-state index contributed by atoms with van der Waals surface area (Å²) in [5.41, 5.74) is 2.36. The van der Waals surface area contributed by atoms with Crippen molar-refractivity contribution in [3.8, 4) is 5.75 Å². The predicted molar refractivity (Wildman–Crippen MR) is 70.8 cm³/mol. The van der Waals surface area contributed by atoms with Crippen LogP contribution in [0.3, 0.4) is 0 Å². The lowest BCUT2D eigenvalue weighted by Gasteiger charge is -2.18. The molecule has 0 fully saturated rings. The second kappa shape index (κ2) is 6.28. The van der Waals surface area contributed by atoms with Crippen molar-refractivity contribution in [1.29, 1.82) is 0 Å². The van der Waals surface area contributed by atoms with Crippen LogP contribution in [0.2, 0.25) is 0 Å². The number of rotatable bonds is 4. The first-order chi connectivity index (χ1) is 8.79. The van der Waals surface area contributed by atoms with Gasteiger partial charge in [-0.25, -0.2) is 4.79 Å². The maximum Gasteiger partial charge on any atom is 0.315 e. The molecule has 0 bridgehead atoms. The van der Waals surface area contributed by atoms with Crippen LogP contribution in [-0.2, 0) is 13.0 Å². The number of ether oxygens (including phenoxy) is 1. The minimum atomic E-state index is -0.106. The van der Waals surface area contributed by atoms with Gasteiger partial charge in [0.2, 0.25) is 0 Å². The van der Waals surface area contributed by atoms with E-state index >= 15 is 0 Å². The first-order valence-corrected chi connectivity index (χ1v) is 6.56. The van der Waals surface area contributed by atoms with E-state index in [4.69, 9.17) is 4.74 Å². The first-order valence-electron chi connectivity index (χ1n) is 6.56. The maximum atomic E-state index is 11.4. The molecule has 1 heterocycles. The summed E-state index contributed by atoms with van der Waals surface area (Å²) in [7, 11) is 0. The Morgan fingerprint density at radius 3 is 3.11 bits per heavy atom. The van der Waals surface area contributed by atoms with Crippen LogP contribution in [0.25, 0.3) is 0 Å². The number of amides is 2. The number of urea groups is 1. The number of benzene rings is 1. The lowest BCUT2D eigenvalue weighted by atomic mass is 10.0. The molecule has 1 aromatic carbocycles. The SMILES string of the molecule is CCCNC(=O)NCc1ccc2c(c1)CCCO2. The number of carbonyl (C=O) groups is 1. The Hall–Kier alpha value is -1.71. The molecule has 98 valence electrons. The number of fused-ring (bicyclic) bond motifs is 1. The lowest BCUT2D eigenvalue weighted by molar-refractivity contribution is 0.240. The molecule has 0 saturated carbocycles. The molecule has 0 atom stereocenters. The van der Waals surface area contributed by atoms with Crippen molar-refractivity contribution in [2.24, 2.45) is 0 Å². The van der Waals surface area contributed by atoms with E-state index in [0.717, 1.165) is 37.2 Å². The highest BCUT2D eigenvalue weighted by Crippen LogP contribution is 2.25. The van der Waals surface area contributed by atoms with E-state index in [-0.39, 0.29) is 6.03 Å². The Balaban J connectivity index is 1.88. The molecule has 0 aliphatic carbocycles. The molecule has 2 N–H and O–H groups in total. The van der Waals surface area contributed by atoms with Gasteiger partial charge in [0.25, 0.3) is 0 Å². The average molecular weight is 248 g/mol. The smallest absolute Gasteiger partial charge is 0.315 e. The molecule has 1 aliphatic heterocycles. The fourth-order valence-corrected chi connectivity index (χ4v) is 2.01. The van der Waals surface area contributed by atoms with E-state index in [1.807, 2.05) is 19.1 Å². The second-order valence-electron chi connectivity index (χ2n) is 4.50. The molecule has 18 heavy (non-hydrogen) atoms. The molecular weight excluding hydrogens is 228 g/mol. The topological polar surface area (TPSA) is 50.4 Å². The quantitative estimate of drug-likeness (QED) is 0.858. The summed E-state index contributed by atoms with van der Waals surface area (Å²) in [6.45, 7) is 4.11.